The van der Waals surface area contributed by atoms with Crippen LogP contribution in [0.4, 0.5) is 9.59 Å². The molecule has 0 aromatic rings. The van der Waals surface area contributed by atoms with Crippen molar-refractivity contribution in [2.24, 2.45) is 11.8 Å². The average molecular weight is 565 g/mol. The van der Waals surface area contributed by atoms with Crippen LogP contribution < -0.4 is 0 Å². The molecule has 228 valence electrons. The number of hydrogen-bond donors (Lipinski definition) is 0. The SMILES string of the molecule is CCOC(=O)[C@@H]1CCCC[C@H]1N1CCN(C(=O)OC[C@@H]2CCCC[C@H]2N2CCN(C(=O)OC(C)(C)C)CC2)CC1. The number of carbonyl (C=O) groups excluding carboxylic acids is 3. The summed E-state index contributed by atoms with van der Waals surface area (Å²) in [5, 5.41) is 0. The third kappa shape index (κ3) is 8.24. The van der Waals surface area contributed by atoms with E-state index >= 15 is 0 Å². The molecule has 4 atom stereocenters. The Kier molecular flexibility index (Phi) is 11.0. The lowest BCUT2D eigenvalue weighted by atomic mass is 9.83. The van der Waals surface area contributed by atoms with E-state index in [4.69, 9.17) is 14.2 Å². The van der Waals surface area contributed by atoms with Crippen molar-refractivity contribution in [1.82, 2.24) is 19.6 Å². The summed E-state index contributed by atoms with van der Waals surface area (Å²) in [4.78, 5) is 46.6. The van der Waals surface area contributed by atoms with Crippen LogP contribution in [-0.2, 0) is 19.0 Å². The molecular formula is C30H52N4O6. The zero-order valence-corrected chi connectivity index (χ0v) is 25.3. The van der Waals surface area contributed by atoms with Crippen molar-refractivity contribution < 1.29 is 28.6 Å². The molecule has 0 bridgehead atoms. The van der Waals surface area contributed by atoms with Crippen LogP contribution in [0.5, 0.6) is 0 Å². The van der Waals surface area contributed by atoms with Gasteiger partial charge in [0, 0.05) is 70.4 Å². The predicted molar refractivity (Wildman–Crippen MR) is 152 cm³/mol. The number of carbonyl (C=O) groups is 3. The summed E-state index contributed by atoms with van der Waals surface area (Å²) in [7, 11) is 0. The lowest BCUT2D eigenvalue weighted by Gasteiger charge is -2.44. The second kappa shape index (κ2) is 14.2. The zero-order valence-electron chi connectivity index (χ0n) is 25.3. The van der Waals surface area contributed by atoms with Crippen molar-refractivity contribution in [2.75, 3.05) is 65.6 Å². The van der Waals surface area contributed by atoms with Gasteiger partial charge < -0.3 is 24.0 Å². The summed E-state index contributed by atoms with van der Waals surface area (Å²) in [5.41, 5.74) is -0.486. The van der Waals surface area contributed by atoms with Gasteiger partial charge in [0.25, 0.3) is 0 Å². The Balaban J connectivity index is 1.22. The van der Waals surface area contributed by atoms with Crippen LogP contribution in [0.2, 0.25) is 0 Å². The van der Waals surface area contributed by atoms with Crippen molar-refractivity contribution in [3.8, 4) is 0 Å². The van der Waals surface area contributed by atoms with Crippen LogP contribution >= 0.6 is 0 Å². The number of hydrogen-bond acceptors (Lipinski definition) is 8. The molecule has 2 heterocycles. The Labute approximate surface area is 240 Å². The number of rotatable bonds is 6. The van der Waals surface area contributed by atoms with Gasteiger partial charge in [-0.05, 0) is 53.4 Å². The largest absolute Gasteiger partial charge is 0.466 e. The fourth-order valence-electron chi connectivity index (χ4n) is 7.00. The Bertz CT molecular complexity index is 848. The van der Waals surface area contributed by atoms with E-state index in [1.165, 1.54) is 6.42 Å². The first-order chi connectivity index (χ1) is 19.2. The van der Waals surface area contributed by atoms with Crippen LogP contribution in [0, 0.1) is 11.8 Å². The van der Waals surface area contributed by atoms with Crippen molar-refractivity contribution in [3.05, 3.63) is 0 Å². The van der Waals surface area contributed by atoms with E-state index < -0.39 is 5.60 Å². The third-order valence-corrected chi connectivity index (χ3v) is 9.09. The molecule has 0 aromatic carbocycles. The second-order valence-electron chi connectivity index (χ2n) is 12.9. The molecule has 0 radical (unpaired) electrons. The van der Waals surface area contributed by atoms with E-state index in [2.05, 4.69) is 9.80 Å². The Morgan fingerprint density at radius 3 is 1.80 bits per heavy atom. The first-order valence-electron chi connectivity index (χ1n) is 15.7. The second-order valence-corrected chi connectivity index (χ2v) is 12.9. The summed E-state index contributed by atoms with van der Waals surface area (Å²) in [5.74, 6) is 0.198. The van der Waals surface area contributed by atoms with Gasteiger partial charge in [-0.15, -0.1) is 0 Å². The normalized spacial score (nSPS) is 29.1. The molecule has 40 heavy (non-hydrogen) atoms. The van der Waals surface area contributed by atoms with Crippen molar-refractivity contribution >= 4 is 18.2 Å². The van der Waals surface area contributed by atoms with Crippen LogP contribution in [0.3, 0.4) is 0 Å². The molecular weight excluding hydrogens is 512 g/mol. The highest BCUT2D eigenvalue weighted by atomic mass is 16.6. The molecule has 2 aliphatic carbocycles. The average Bonchev–Trinajstić information content (AvgIpc) is 2.95. The first kappa shape index (κ1) is 30.9. The van der Waals surface area contributed by atoms with Crippen LogP contribution in [0.15, 0.2) is 0 Å². The highest BCUT2D eigenvalue weighted by molar-refractivity contribution is 5.73. The lowest BCUT2D eigenvalue weighted by molar-refractivity contribution is -0.152. The number of amides is 2. The van der Waals surface area contributed by atoms with Gasteiger partial charge in [0.15, 0.2) is 0 Å². The molecule has 4 rings (SSSR count). The Hall–Kier alpha value is -2.07. The standard InChI is InChI=1S/C30H52N4O6/c1-5-38-27(35)24-11-7-9-13-26(24)32-16-18-33(19-17-32)28(36)39-22-23-10-6-8-12-25(23)31-14-20-34(21-15-31)29(37)40-30(2,3)4/h23-26H,5-22H2,1-4H3/t23-,24+,25+,26+/m0/s1. The molecule has 4 aliphatic rings. The topological polar surface area (TPSA) is 91.9 Å². The van der Waals surface area contributed by atoms with Crippen LogP contribution in [0.25, 0.3) is 0 Å². The van der Waals surface area contributed by atoms with E-state index in [0.29, 0.717) is 51.4 Å². The molecule has 0 spiro atoms. The van der Waals surface area contributed by atoms with Crippen molar-refractivity contribution in [3.63, 3.8) is 0 Å². The molecule has 2 aliphatic heterocycles. The maximum atomic E-state index is 13.0. The fourth-order valence-corrected chi connectivity index (χ4v) is 7.00. The molecule has 2 saturated carbocycles. The molecule has 0 N–H and O–H groups in total. The third-order valence-electron chi connectivity index (χ3n) is 9.09. The molecule has 2 saturated heterocycles. The quantitative estimate of drug-likeness (QED) is 0.354. The number of ether oxygens (including phenoxy) is 3. The van der Waals surface area contributed by atoms with Gasteiger partial charge in [0.05, 0.1) is 19.1 Å². The van der Waals surface area contributed by atoms with Crippen LogP contribution in [-0.4, -0.2) is 121 Å². The highest BCUT2D eigenvalue weighted by Crippen LogP contribution is 2.32. The smallest absolute Gasteiger partial charge is 0.410 e. The van der Waals surface area contributed by atoms with Gasteiger partial charge in [0.2, 0.25) is 0 Å². The van der Waals surface area contributed by atoms with Crippen molar-refractivity contribution in [2.45, 2.75) is 96.7 Å². The first-order valence-corrected chi connectivity index (χ1v) is 15.7. The summed E-state index contributed by atoms with van der Waals surface area (Å²) in [6.45, 7) is 14.2. The summed E-state index contributed by atoms with van der Waals surface area (Å²) < 4.78 is 16.8. The van der Waals surface area contributed by atoms with Gasteiger partial charge in [-0.3, -0.25) is 14.6 Å². The van der Waals surface area contributed by atoms with Crippen LogP contribution in [0.1, 0.15) is 79.1 Å². The van der Waals surface area contributed by atoms with E-state index in [9.17, 15) is 14.4 Å². The number of piperazine rings is 2. The van der Waals surface area contributed by atoms with E-state index in [0.717, 1.165) is 71.1 Å². The molecule has 10 nitrogen and oxygen atoms in total. The maximum Gasteiger partial charge on any atom is 0.410 e. The monoisotopic (exact) mass is 564 g/mol. The molecule has 0 aromatic heterocycles. The fraction of sp³-hybridized carbons (Fsp3) is 0.900. The zero-order chi connectivity index (χ0) is 28.7. The predicted octanol–water partition coefficient (Wildman–Crippen LogP) is 3.97. The minimum absolute atomic E-state index is 0.0542. The molecule has 4 fully saturated rings. The van der Waals surface area contributed by atoms with Gasteiger partial charge in [-0.1, -0.05) is 25.7 Å². The van der Waals surface area contributed by atoms with Gasteiger partial charge in [-0.2, -0.15) is 0 Å². The highest BCUT2D eigenvalue weighted by Gasteiger charge is 2.38. The van der Waals surface area contributed by atoms with E-state index in [-0.39, 0.29) is 30.1 Å². The minimum atomic E-state index is -0.486. The van der Waals surface area contributed by atoms with E-state index in [1.54, 1.807) is 0 Å². The maximum absolute atomic E-state index is 13.0. The van der Waals surface area contributed by atoms with Gasteiger partial charge in [-0.25, -0.2) is 9.59 Å². The van der Waals surface area contributed by atoms with Gasteiger partial charge >= 0.3 is 18.2 Å². The summed E-state index contributed by atoms with van der Waals surface area (Å²) in [6, 6.07) is 0.593. The molecule has 10 heteroatoms. The van der Waals surface area contributed by atoms with Gasteiger partial charge in [0.1, 0.15) is 5.60 Å². The lowest BCUT2D eigenvalue weighted by Crippen LogP contribution is -2.56. The molecule has 0 unspecified atom stereocenters. The number of nitrogens with zero attached hydrogens (tertiary/aromatic N) is 4. The van der Waals surface area contributed by atoms with Crippen molar-refractivity contribution in [1.29, 1.82) is 0 Å². The minimum Gasteiger partial charge on any atom is -0.466 e. The molecule has 2 amide bonds. The summed E-state index contributed by atoms with van der Waals surface area (Å²) >= 11 is 0. The Morgan fingerprint density at radius 1 is 0.675 bits per heavy atom. The Morgan fingerprint density at radius 2 is 1.20 bits per heavy atom. The summed E-state index contributed by atoms with van der Waals surface area (Å²) in [6.07, 6.45) is 8.20. The van der Waals surface area contributed by atoms with E-state index in [1.807, 2.05) is 37.5 Å². The number of esters is 1.